The first-order valence-electron chi connectivity index (χ1n) is 42.5. The quantitative estimate of drug-likeness (QED) is 0.130. The van der Waals surface area contributed by atoms with Crippen molar-refractivity contribution >= 4 is 122 Å². The fraction of sp³-hybridized carbons (Fsp3) is 0.143. The average molecular weight is 1810 g/mol. The van der Waals surface area contributed by atoms with E-state index >= 15 is 0 Å². The minimum Gasteiger partial charge on any atom is -0.456 e. The highest BCUT2D eigenvalue weighted by molar-refractivity contribution is 7.26. The molecule has 0 amide bonds. The number of fused-ring (bicyclic) bond motifs is 2. The molecule has 10 aromatic carbocycles. The van der Waals surface area contributed by atoms with E-state index < -0.39 is 0 Å². The molecule has 11 heterocycles. The van der Waals surface area contributed by atoms with Crippen molar-refractivity contribution in [2.75, 3.05) is 0 Å². The van der Waals surface area contributed by atoms with Crippen LogP contribution in [-0.2, 0) is 0 Å². The Morgan fingerprint density at radius 3 is 0.756 bits per heavy atom. The third-order valence-corrected chi connectivity index (χ3v) is 31.0. The number of furan rings is 1. The third-order valence-electron chi connectivity index (χ3n) is 21.6. The number of nitrogens with one attached hydrogen (secondary N) is 1. The second-order valence-corrected chi connectivity index (χ2v) is 42.0. The molecule has 0 saturated heterocycles. The van der Waals surface area contributed by atoms with Gasteiger partial charge in [-0.3, -0.25) is 0 Å². The maximum Gasteiger partial charge on any atom is 0.138 e. The Balaban J connectivity index is 0.000000119. The number of hydrogen-bond acceptors (Lipinski definition) is 13. The lowest BCUT2D eigenvalue weighted by atomic mass is 10.1. The van der Waals surface area contributed by atoms with Gasteiger partial charge in [-0.05, 0) is 274 Å². The lowest BCUT2D eigenvalue weighted by molar-refractivity contribution is 0.315. The molecule has 1 aliphatic heterocycles. The molecular weight excluding hydrogens is 1700 g/mol. The fourth-order valence-corrected chi connectivity index (χ4v) is 22.1. The SMILES string of the molecule is Cc1ccc(-c2ccc(-c3ccc(C)cc3)[nH]2)cc1.Cc1ccc(-c2ccc(-c3ccc(C)cc3)o2)cc1.Cc1ccc(-c2ccc(-c3ccc(C)cc3)s2)cc1.Cc1ccc(-c2ccc(-c3ccc(C)s3)s2)s1.Cc1ccc(-c2ccc(C)s2)s1.Cc1ccc(C)c2nonc12.Cc1ccc(C)c2nsnc12.Cc1ccc(C2=CC=C(c3ccc(C)cc3)[SiH2]2)cc1. The summed E-state index contributed by atoms with van der Waals surface area (Å²) < 4.78 is 19.0. The number of nitrogens with zero attached hydrogens (tertiary/aromatic N) is 4. The Hall–Kier alpha value is -12.1. The molecule has 0 unspecified atom stereocenters. The number of hydrogen-bond donors (Lipinski definition) is 1. The Kier molecular flexibility index (Phi) is 31.1. The highest BCUT2D eigenvalue weighted by atomic mass is 32.1. The molecule has 0 aliphatic carbocycles. The summed E-state index contributed by atoms with van der Waals surface area (Å²) in [6.45, 7) is 33.6. The summed E-state index contributed by atoms with van der Waals surface area (Å²) in [6, 6.07) is 112. The second kappa shape index (κ2) is 43.4. The van der Waals surface area contributed by atoms with Gasteiger partial charge in [0.1, 0.15) is 33.6 Å². The minimum absolute atomic E-state index is 0.328. The van der Waals surface area contributed by atoms with E-state index in [9.17, 15) is 0 Å². The van der Waals surface area contributed by atoms with E-state index in [0.29, 0.717) is 0 Å². The molecule has 15 heteroatoms. The zero-order valence-corrected chi connectivity index (χ0v) is 82.0. The number of aromatic nitrogens is 5. The molecule has 636 valence electrons. The van der Waals surface area contributed by atoms with E-state index in [0.717, 1.165) is 67.2 Å². The molecular formula is C112H105N5O2S7Si. The Bertz CT molecular complexity index is 6220. The molecule has 1 aliphatic rings. The van der Waals surface area contributed by atoms with Gasteiger partial charge in [-0.2, -0.15) is 8.75 Å². The summed E-state index contributed by atoms with van der Waals surface area (Å²) in [5.74, 6) is 1.83. The third kappa shape index (κ3) is 25.0. The van der Waals surface area contributed by atoms with Crippen LogP contribution in [-0.4, -0.2) is 33.6 Å². The van der Waals surface area contributed by atoms with Gasteiger partial charge in [-0.15, -0.1) is 68.0 Å². The fourth-order valence-electron chi connectivity index (χ4n) is 13.9. The van der Waals surface area contributed by atoms with Gasteiger partial charge in [0.05, 0.1) is 21.2 Å². The van der Waals surface area contributed by atoms with Gasteiger partial charge in [-0.25, -0.2) is 4.63 Å². The molecule has 0 bridgehead atoms. The first-order valence-corrected chi connectivity index (χ1v) is 49.6. The van der Waals surface area contributed by atoms with Gasteiger partial charge in [-0.1, -0.05) is 285 Å². The molecule has 7 nitrogen and oxygen atoms in total. The lowest BCUT2D eigenvalue weighted by Gasteiger charge is -2.06. The van der Waals surface area contributed by atoms with Crippen molar-refractivity contribution in [3.8, 4) is 95.3 Å². The van der Waals surface area contributed by atoms with Crippen LogP contribution in [0, 0.1) is 111 Å². The highest BCUT2D eigenvalue weighted by Crippen LogP contribution is 2.41. The number of benzene rings is 10. The first kappa shape index (κ1) is 91.1. The van der Waals surface area contributed by atoms with Gasteiger partial charge in [0.2, 0.25) is 0 Å². The van der Waals surface area contributed by atoms with Crippen molar-refractivity contribution in [3.63, 3.8) is 0 Å². The summed E-state index contributed by atoms with van der Waals surface area (Å²) >= 11 is 12.5. The van der Waals surface area contributed by atoms with Crippen LogP contribution in [0.5, 0.6) is 0 Å². The Labute approximate surface area is 779 Å². The first-order chi connectivity index (χ1) is 61.4. The zero-order chi connectivity index (χ0) is 89.0. The largest absolute Gasteiger partial charge is 0.456 e. The molecule has 0 fully saturated rings. The molecule has 20 aromatic rings. The van der Waals surface area contributed by atoms with Gasteiger partial charge in [0, 0.05) is 81.0 Å². The normalized spacial score (nSPS) is 11.2. The van der Waals surface area contributed by atoms with Crippen molar-refractivity contribution in [2.24, 2.45) is 0 Å². The van der Waals surface area contributed by atoms with Crippen LogP contribution in [0.1, 0.15) is 97.4 Å². The molecule has 0 radical (unpaired) electrons. The van der Waals surface area contributed by atoms with Crippen LogP contribution in [0.4, 0.5) is 0 Å². The van der Waals surface area contributed by atoms with Crippen molar-refractivity contribution in [2.45, 2.75) is 111 Å². The van der Waals surface area contributed by atoms with Gasteiger partial charge in [0.15, 0.2) is 0 Å². The summed E-state index contributed by atoms with van der Waals surface area (Å²) in [5.41, 5.74) is 31.2. The van der Waals surface area contributed by atoms with E-state index in [1.165, 1.54) is 159 Å². The lowest BCUT2D eigenvalue weighted by Crippen LogP contribution is -1.96. The van der Waals surface area contributed by atoms with E-state index in [-0.39, 0.29) is 9.52 Å². The topological polar surface area (TPSA) is 93.6 Å². The molecule has 127 heavy (non-hydrogen) atoms. The predicted molar refractivity (Wildman–Crippen MR) is 557 cm³/mol. The Morgan fingerprint density at radius 2 is 0.465 bits per heavy atom. The van der Waals surface area contributed by atoms with Crippen molar-refractivity contribution < 1.29 is 9.05 Å². The summed E-state index contributed by atoms with van der Waals surface area (Å²) in [7, 11) is -0.328. The second-order valence-electron chi connectivity index (χ2n) is 32.2. The average Bonchev–Trinajstić information content (AvgIpc) is 1.73. The van der Waals surface area contributed by atoms with Crippen molar-refractivity contribution in [1.82, 2.24) is 24.0 Å². The number of aryl methyl sites for hydroxylation is 16. The molecule has 0 atom stereocenters. The molecule has 10 aromatic heterocycles. The highest BCUT2D eigenvalue weighted by Gasteiger charge is 2.16. The van der Waals surface area contributed by atoms with Crippen LogP contribution in [0.3, 0.4) is 0 Å². The Morgan fingerprint density at radius 1 is 0.220 bits per heavy atom. The van der Waals surface area contributed by atoms with E-state index in [4.69, 9.17) is 4.42 Å². The van der Waals surface area contributed by atoms with Crippen LogP contribution in [0.15, 0.2) is 337 Å². The van der Waals surface area contributed by atoms with Gasteiger partial charge in [0.25, 0.3) is 0 Å². The number of aromatic amines is 1. The van der Waals surface area contributed by atoms with Crippen LogP contribution >= 0.6 is 79.7 Å². The van der Waals surface area contributed by atoms with E-state index in [2.05, 4.69) is 429 Å². The van der Waals surface area contributed by atoms with Gasteiger partial charge >= 0.3 is 0 Å². The zero-order valence-electron chi connectivity index (χ0n) is 74.8. The van der Waals surface area contributed by atoms with Crippen LogP contribution in [0.25, 0.3) is 128 Å². The van der Waals surface area contributed by atoms with E-state index in [1.54, 1.807) is 10.4 Å². The van der Waals surface area contributed by atoms with Crippen molar-refractivity contribution in [1.29, 1.82) is 0 Å². The number of H-pyrrole nitrogens is 1. The predicted octanol–water partition coefficient (Wildman–Crippen LogP) is 33.8. The monoisotopic (exact) mass is 1800 g/mol. The molecule has 0 saturated carbocycles. The molecule has 1 N–H and O–H groups in total. The standard InChI is InChI=1S/C18H17N.C18H16O.C18H16S.C18H18Si.C14H12S3.C10H10S2.C8H8N2O.C8H8N2S/c4*1-13-3-7-15(8-4-13)17-11-12-18(19-17)16-9-5-14(2)6-10-16;1-9-3-5-11(15-9)13-7-8-14(17-13)12-6-4-10(2)16-12;1-7-3-5-9(11-7)10-6-4-8(2)12-10;2*1-5-3-4-6(2)8-7(5)9-11-10-8/h3-12,19H,1-2H3;2*3-12H,1-2H3;3-12H,19H2,1-2H3;3-8H,1-2H3;3-6H,1-2H3;2*3-4H,1-2H3. The number of rotatable bonds is 11. The maximum atomic E-state index is 5.94. The smallest absolute Gasteiger partial charge is 0.138 e. The summed E-state index contributed by atoms with van der Waals surface area (Å²) in [6.07, 6.45) is 4.62. The van der Waals surface area contributed by atoms with Crippen molar-refractivity contribution in [3.05, 3.63) is 425 Å². The number of allylic oxidation sites excluding steroid dienone is 2. The maximum absolute atomic E-state index is 5.94. The summed E-state index contributed by atoms with van der Waals surface area (Å²) in [5, 5.41) is 10.7. The van der Waals surface area contributed by atoms with Crippen LogP contribution in [0.2, 0.25) is 0 Å². The summed E-state index contributed by atoms with van der Waals surface area (Å²) in [4.78, 5) is 20.0. The molecule has 21 rings (SSSR count). The van der Waals surface area contributed by atoms with Crippen LogP contribution < -0.4 is 0 Å². The van der Waals surface area contributed by atoms with Gasteiger partial charge < -0.3 is 9.40 Å². The minimum atomic E-state index is -0.328. The molecule has 0 spiro atoms. The van der Waals surface area contributed by atoms with E-state index in [1.807, 2.05) is 106 Å². The number of thiophene rings is 6.